The third kappa shape index (κ3) is 2.74. The summed E-state index contributed by atoms with van der Waals surface area (Å²) in [6, 6.07) is 4.19. The molecule has 0 radical (unpaired) electrons. The molecule has 2 nitrogen and oxygen atoms in total. The topological polar surface area (TPSA) is 52.0 Å². The van der Waals surface area contributed by atoms with E-state index >= 15 is 0 Å². The van der Waals surface area contributed by atoms with Gasteiger partial charge in [-0.3, -0.25) is 0 Å². The van der Waals surface area contributed by atoms with Crippen LogP contribution in [0.25, 0.3) is 0 Å². The van der Waals surface area contributed by atoms with Gasteiger partial charge in [-0.15, -0.1) is 0 Å². The quantitative estimate of drug-likeness (QED) is 0.705. The summed E-state index contributed by atoms with van der Waals surface area (Å²) in [6.07, 6.45) is 0.859. The predicted octanol–water partition coefficient (Wildman–Crippen LogP) is 2.17. The molecule has 1 aromatic carbocycles. The molecule has 0 amide bonds. The maximum atomic E-state index is 5.96. The largest absolute Gasteiger partial charge is 0.398 e. The van der Waals surface area contributed by atoms with Crippen molar-refractivity contribution in [3.05, 3.63) is 28.8 Å². The lowest BCUT2D eigenvalue weighted by atomic mass is 9.93. The first-order valence-electron chi connectivity index (χ1n) is 4.94. The van der Waals surface area contributed by atoms with Crippen LogP contribution in [0.1, 0.15) is 30.5 Å². The summed E-state index contributed by atoms with van der Waals surface area (Å²) < 4.78 is 0. The van der Waals surface area contributed by atoms with Gasteiger partial charge in [-0.25, -0.2) is 0 Å². The lowest BCUT2D eigenvalue weighted by Crippen LogP contribution is -2.34. The summed E-state index contributed by atoms with van der Waals surface area (Å²) >= 11 is 0. The Morgan fingerprint density at radius 2 is 1.79 bits per heavy atom. The molecule has 0 spiro atoms. The van der Waals surface area contributed by atoms with Gasteiger partial charge in [0.2, 0.25) is 0 Å². The van der Waals surface area contributed by atoms with E-state index in [1.54, 1.807) is 0 Å². The van der Waals surface area contributed by atoms with Gasteiger partial charge in [-0.1, -0.05) is 6.07 Å². The summed E-state index contributed by atoms with van der Waals surface area (Å²) in [6.45, 7) is 8.18. The Bertz CT molecular complexity index is 312. The first-order valence-corrected chi connectivity index (χ1v) is 4.94. The molecule has 1 aromatic rings. The van der Waals surface area contributed by atoms with E-state index in [9.17, 15) is 0 Å². The Balaban J connectivity index is 3.02. The van der Waals surface area contributed by atoms with Crippen LogP contribution < -0.4 is 11.5 Å². The number of nitrogens with two attached hydrogens (primary N) is 2. The van der Waals surface area contributed by atoms with Crippen molar-refractivity contribution in [3.63, 3.8) is 0 Å². The summed E-state index contributed by atoms with van der Waals surface area (Å²) in [4.78, 5) is 0. The molecule has 78 valence electrons. The van der Waals surface area contributed by atoms with E-state index in [1.807, 2.05) is 26.8 Å². The van der Waals surface area contributed by atoms with Crippen molar-refractivity contribution < 1.29 is 0 Å². The lowest BCUT2D eigenvalue weighted by Gasteiger charge is -2.19. The number of hydrogen-bond acceptors (Lipinski definition) is 2. The van der Waals surface area contributed by atoms with Crippen LogP contribution in [0.3, 0.4) is 0 Å². The van der Waals surface area contributed by atoms with Gasteiger partial charge in [0, 0.05) is 11.2 Å². The number of anilines is 1. The summed E-state index contributed by atoms with van der Waals surface area (Å²) in [5.41, 5.74) is 16.2. The van der Waals surface area contributed by atoms with E-state index in [0.29, 0.717) is 0 Å². The number of hydrogen-bond donors (Lipinski definition) is 2. The molecule has 0 unspecified atom stereocenters. The van der Waals surface area contributed by atoms with Crippen molar-refractivity contribution in [2.45, 2.75) is 39.7 Å². The highest BCUT2D eigenvalue weighted by Gasteiger charge is 2.12. The van der Waals surface area contributed by atoms with Crippen LogP contribution in [0.4, 0.5) is 5.69 Å². The Kier molecular flexibility index (Phi) is 2.86. The molecule has 4 N–H and O–H groups in total. The third-order valence-electron chi connectivity index (χ3n) is 2.43. The molecule has 0 aliphatic heterocycles. The van der Waals surface area contributed by atoms with Crippen molar-refractivity contribution >= 4 is 5.69 Å². The summed E-state index contributed by atoms with van der Waals surface area (Å²) in [7, 11) is 0. The molecule has 0 saturated carbocycles. The highest BCUT2D eigenvalue weighted by Crippen LogP contribution is 2.20. The third-order valence-corrected chi connectivity index (χ3v) is 2.43. The van der Waals surface area contributed by atoms with Gasteiger partial charge in [0.1, 0.15) is 0 Å². The van der Waals surface area contributed by atoms with Crippen LogP contribution in [0.15, 0.2) is 12.1 Å². The average molecular weight is 192 g/mol. The molecule has 2 heteroatoms. The first-order chi connectivity index (χ1) is 6.29. The Morgan fingerprint density at radius 3 is 2.21 bits per heavy atom. The van der Waals surface area contributed by atoms with E-state index in [1.165, 1.54) is 16.7 Å². The van der Waals surface area contributed by atoms with Crippen molar-refractivity contribution in [1.82, 2.24) is 0 Å². The lowest BCUT2D eigenvalue weighted by molar-refractivity contribution is 0.516. The monoisotopic (exact) mass is 192 g/mol. The standard InChI is InChI=1S/C12H20N2/c1-8-5-10(7-12(3,4)14)6-11(13)9(8)2/h5-6H,7,13-14H2,1-4H3. The molecule has 0 bridgehead atoms. The molecule has 0 aromatic heterocycles. The molecule has 0 saturated heterocycles. The zero-order valence-corrected chi connectivity index (χ0v) is 9.52. The molecule has 0 atom stereocenters. The van der Waals surface area contributed by atoms with Crippen LogP contribution in [-0.4, -0.2) is 5.54 Å². The van der Waals surface area contributed by atoms with Crippen LogP contribution in [0.5, 0.6) is 0 Å². The van der Waals surface area contributed by atoms with Crippen molar-refractivity contribution in [2.75, 3.05) is 5.73 Å². The fourth-order valence-corrected chi connectivity index (χ4v) is 1.59. The van der Waals surface area contributed by atoms with Gasteiger partial charge in [-0.2, -0.15) is 0 Å². The predicted molar refractivity (Wildman–Crippen MR) is 62.3 cm³/mol. The minimum absolute atomic E-state index is 0.172. The van der Waals surface area contributed by atoms with Crippen molar-refractivity contribution in [1.29, 1.82) is 0 Å². The zero-order chi connectivity index (χ0) is 10.9. The highest BCUT2D eigenvalue weighted by atomic mass is 14.7. The van der Waals surface area contributed by atoms with Gasteiger partial charge in [0.05, 0.1) is 0 Å². The fraction of sp³-hybridized carbons (Fsp3) is 0.500. The molecule has 14 heavy (non-hydrogen) atoms. The molecule has 0 aliphatic rings. The van der Waals surface area contributed by atoms with Crippen LogP contribution in [0, 0.1) is 13.8 Å². The summed E-state index contributed by atoms with van der Waals surface area (Å²) in [5.74, 6) is 0. The van der Waals surface area contributed by atoms with Gasteiger partial charge in [-0.05, 0) is 56.9 Å². The second-order valence-corrected chi connectivity index (χ2v) is 4.79. The molecule has 0 fully saturated rings. The SMILES string of the molecule is Cc1cc(CC(C)(C)N)cc(N)c1C. The van der Waals surface area contributed by atoms with Gasteiger partial charge in [0.15, 0.2) is 0 Å². The molecule has 1 rings (SSSR count). The Labute approximate surface area is 86.3 Å². The van der Waals surface area contributed by atoms with Gasteiger partial charge >= 0.3 is 0 Å². The zero-order valence-electron chi connectivity index (χ0n) is 9.52. The van der Waals surface area contributed by atoms with Crippen LogP contribution in [-0.2, 0) is 6.42 Å². The van der Waals surface area contributed by atoms with Crippen molar-refractivity contribution in [2.24, 2.45) is 5.73 Å². The van der Waals surface area contributed by atoms with E-state index in [2.05, 4.69) is 13.0 Å². The molecule has 0 heterocycles. The fourth-order valence-electron chi connectivity index (χ4n) is 1.59. The number of nitrogen functional groups attached to an aromatic ring is 1. The smallest absolute Gasteiger partial charge is 0.0349 e. The van der Waals surface area contributed by atoms with Gasteiger partial charge in [0.25, 0.3) is 0 Å². The summed E-state index contributed by atoms with van der Waals surface area (Å²) in [5, 5.41) is 0. The molecular formula is C12H20N2. The molecular weight excluding hydrogens is 172 g/mol. The Hall–Kier alpha value is -1.02. The number of benzene rings is 1. The highest BCUT2D eigenvalue weighted by molar-refractivity contribution is 5.52. The first kappa shape index (κ1) is 11.1. The minimum atomic E-state index is -0.172. The van der Waals surface area contributed by atoms with Crippen LogP contribution in [0.2, 0.25) is 0 Å². The van der Waals surface area contributed by atoms with E-state index in [0.717, 1.165) is 12.1 Å². The van der Waals surface area contributed by atoms with E-state index in [4.69, 9.17) is 11.5 Å². The number of rotatable bonds is 2. The Morgan fingerprint density at radius 1 is 1.21 bits per heavy atom. The van der Waals surface area contributed by atoms with Crippen molar-refractivity contribution in [3.8, 4) is 0 Å². The van der Waals surface area contributed by atoms with E-state index in [-0.39, 0.29) is 5.54 Å². The maximum absolute atomic E-state index is 5.96. The second kappa shape index (κ2) is 3.62. The average Bonchev–Trinajstić information content (AvgIpc) is 1.96. The maximum Gasteiger partial charge on any atom is 0.0349 e. The van der Waals surface area contributed by atoms with Crippen LogP contribution >= 0.6 is 0 Å². The van der Waals surface area contributed by atoms with Gasteiger partial charge < -0.3 is 11.5 Å². The van der Waals surface area contributed by atoms with E-state index < -0.39 is 0 Å². The molecule has 0 aliphatic carbocycles. The second-order valence-electron chi connectivity index (χ2n) is 4.79. The minimum Gasteiger partial charge on any atom is -0.398 e. The normalized spacial score (nSPS) is 11.8. The number of aryl methyl sites for hydroxylation is 1.